The molecule has 3 aromatic carbocycles. The van der Waals surface area contributed by atoms with Gasteiger partial charge in [0.2, 0.25) is 0 Å². The van der Waals surface area contributed by atoms with Crippen molar-refractivity contribution in [1.29, 1.82) is 0 Å². The Kier molecular flexibility index (Phi) is 5.04. The minimum Gasteiger partial charge on any atom is -0.272 e. The van der Waals surface area contributed by atoms with Crippen molar-refractivity contribution in [2.45, 2.75) is 6.92 Å². The van der Waals surface area contributed by atoms with E-state index in [-0.39, 0.29) is 5.91 Å². The number of fused-ring (bicyclic) bond motifs is 1. The predicted molar refractivity (Wildman–Crippen MR) is 115 cm³/mol. The number of nitrogens with zero attached hydrogens (tertiary/aromatic N) is 2. The molecule has 1 amide bonds. The van der Waals surface area contributed by atoms with Gasteiger partial charge < -0.3 is 0 Å². The second-order valence-electron chi connectivity index (χ2n) is 6.37. The molecule has 1 aromatic heterocycles. The van der Waals surface area contributed by atoms with Crippen molar-refractivity contribution >= 4 is 38.3 Å². The molecule has 0 bridgehead atoms. The summed E-state index contributed by atoms with van der Waals surface area (Å²) in [5.74, 6) is -0.337. The van der Waals surface area contributed by atoms with Crippen molar-refractivity contribution in [1.82, 2.24) is 15.6 Å². The van der Waals surface area contributed by atoms with E-state index >= 15 is 0 Å². The zero-order valence-electron chi connectivity index (χ0n) is 15.1. The number of halogens is 1. The third-order valence-corrected chi connectivity index (χ3v) is 4.98. The summed E-state index contributed by atoms with van der Waals surface area (Å²) in [6.45, 7) is 1.84. The molecule has 4 aromatic rings. The van der Waals surface area contributed by atoms with Crippen LogP contribution in [0.1, 0.15) is 23.0 Å². The first kappa shape index (κ1) is 18.1. The molecule has 2 N–H and O–H groups in total. The van der Waals surface area contributed by atoms with Gasteiger partial charge in [0.15, 0.2) is 0 Å². The van der Waals surface area contributed by atoms with E-state index in [9.17, 15) is 4.79 Å². The zero-order chi connectivity index (χ0) is 19.5. The highest BCUT2D eigenvalue weighted by molar-refractivity contribution is 9.10. The third kappa shape index (κ3) is 3.87. The molecule has 138 valence electrons. The van der Waals surface area contributed by atoms with Crippen molar-refractivity contribution in [3.63, 3.8) is 0 Å². The number of amides is 1. The zero-order valence-corrected chi connectivity index (χ0v) is 16.7. The summed E-state index contributed by atoms with van der Waals surface area (Å²) in [5, 5.41) is 13.5. The largest absolute Gasteiger partial charge is 0.289 e. The van der Waals surface area contributed by atoms with E-state index in [0.29, 0.717) is 11.4 Å². The molecule has 0 fully saturated rings. The molecule has 0 atom stereocenters. The summed E-state index contributed by atoms with van der Waals surface area (Å²) in [7, 11) is 0. The number of nitrogens with one attached hydrogen (secondary N) is 2. The van der Waals surface area contributed by atoms with Crippen molar-refractivity contribution in [3.05, 3.63) is 88.5 Å². The minimum atomic E-state index is -0.337. The maximum Gasteiger partial charge on any atom is 0.289 e. The van der Waals surface area contributed by atoms with Gasteiger partial charge in [0, 0.05) is 10.0 Å². The average molecular weight is 433 g/mol. The Labute approximate surface area is 170 Å². The lowest BCUT2D eigenvalue weighted by atomic mass is 10.1. The van der Waals surface area contributed by atoms with E-state index in [1.807, 2.05) is 55.5 Å². The molecular formula is C22H17BrN4O. The Morgan fingerprint density at radius 3 is 2.54 bits per heavy atom. The number of benzene rings is 3. The quantitative estimate of drug-likeness (QED) is 0.345. The molecule has 28 heavy (non-hydrogen) atoms. The van der Waals surface area contributed by atoms with Crippen LogP contribution in [0.4, 0.5) is 0 Å². The van der Waals surface area contributed by atoms with Gasteiger partial charge in [-0.3, -0.25) is 9.89 Å². The fraction of sp³-hybridized carbons (Fsp3) is 0.0455. The monoisotopic (exact) mass is 432 g/mol. The van der Waals surface area contributed by atoms with Gasteiger partial charge in [0.25, 0.3) is 5.91 Å². The number of aromatic amines is 1. The van der Waals surface area contributed by atoms with Crippen molar-refractivity contribution < 1.29 is 4.79 Å². The first-order valence-corrected chi connectivity index (χ1v) is 9.54. The van der Waals surface area contributed by atoms with E-state index in [4.69, 9.17) is 0 Å². The van der Waals surface area contributed by atoms with Crippen LogP contribution in [0.3, 0.4) is 0 Å². The molecule has 0 radical (unpaired) electrons. The topological polar surface area (TPSA) is 70.1 Å². The lowest BCUT2D eigenvalue weighted by molar-refractivity contribution is 0.0950. The fourth-order valence-corrected chi connectivity index (χ4v) is 3.15. The normalized spacial score (nSPS) is 11.6. The third-order valence-electron chi connectivity index (χ3n) is 4.45. The van der Waals surface area contributed by atoms with Crippen molar-refractivity contribution in [2.24, 2.45) is 5.10 Å². The Bertz CT molecular complexity index is 1180. The molecule has 0 aliphatic carbocycles. The number of H-pyrrole nitrogens is 1. The van der Waals surface area contributed by atoms with Crippen molar-refractivity contribution in [3.8, 4) is 11.3 Å². The van der Waals surface area contributed by atoms with E-state index in [2.05, 4.69) is 54.9 Å². The van der Waals surface area contributed by atoms with E-state index in [1.54, 1.807) is 6.07 Å². The first-order chi connectivity index (χ1) is 13.6. The summed E-state index contributed by atoms with van der Waals surface area (Å²) in [4.78, 5) is 12.4. The lowest BCUT2D eigenvalue weighted by Crippen LogP contribution is -2.19. The van der Waals surface area contributed by atoms with E-state index < -0.39 is 0 Å². The summed E-state index contributed by atoms with van der Waals surface area (Å²) in [6.07, 6.45) is 0. The predicted octanol–water partition coefficient (Wildman–Crippen LogP) is 5.15. The van der Waals surface area contributed by atoms with Gasteiger partial charge in [-0.2, -0.15) is 10.2 Å². The first-order valence-electron chi connectivity index (χ1n) is 8.75. The SMILES string of the molecule is C/C(=N/NC(=O)c1cc(-c2ccc3ccccc3c2)n[nH]1)c1ccc(Br)cc1. The maximum atomic E-state index is 12.4. The van der Waals surface area contributed by atoms with Crippen LogP contribution >= 0.6 is 15.9 Å². The molecule has 0 aliphatic rings. The van der Waals surface area contributed by atoms with E-state index in [1.165, 1.54) is 0 Å². The molecule has 0 aliphatic heterocycles. The highest BCUT2D eigenvalue weighted by Gasteiger charge is 2.11. The second-order valence-corrected chi connectivity index (χ2v) is 7.29. The Morgan fingerprint density at radius 1 is 1.00 bits per heavy atom. The molecule has 0 spiro atoms. The van der Waals surface area contributed by atoms with Crippen LogP contribution in [0.2, 0.25) is 0 Å². The number of carbonyl (C=O) groups excluding carboxylic acids is 1. The highest BCUT2D eigenvalue weighted by atomic mass is 79.9. The van der Waals surface area contributed by atoms with Crippen LogP contribution in [0.5, 0.6) is 0 Å². The maximum absolute atomic E-state index is 12.4. The van der Waals surface area contributed by atoms with Gasteiger partial charge in [0.05, 0.1) is 11.4 Å². The van der Waals surface area contributed by atoms with Crippen LogP contribution in [0, 0.1) is 0 Å². The summed E-state index contributed by atoms with van der Waals surface area (Å²) in [6, 6.07) is 23.7. The van der Waals surface area contributed by atoms with Crippen LogP contribution in [-0.2, 0) is 0 Å². The van der Waals surface area contributed by atoms with Gasteiger partial charge >= 0.3 is 0 Å². The molecule has 5 nitrogen and oxygen atoms in total. The smallest absolute Gasteiger partial charge is 0.272 e. The second kappa shape index (κ2) is 7.78. The van der Waals surface area contributed by atoms with Gasteiger partial charge in [0.1, 0.15) is 5.69 Å². The highest BCUT2D eigenvalue weighted by Crippen LogP contribution is 2.23. The number of hydrogen-bond acceptors (Lipinski definition) is 3. The van der Waals surface area contributed by atoms with Crippen LogP contribution < -0.4 is 5.43 Å². The van der Waals surface area contributed by atoms with Crippen LogP contribution in [0.15, 0.2) is 82.4 Å². The molecule has 4 rings (SSSR count). The Balaban J connectivity index is 1.50. The minimum absolute atomic E-state index is 0.337. The van der Waals surface area contributed by atoms with Crippen molar-refractivity contribution in [2.75, 3.05) is 0 Å². The molecular weight excluding hydrogens is 416 g/mol. The molecule has 0 unspecified atom stereocenters. The van der Waals surface area contributed by atoms with Gasteiger partial charge in [-0.15, -0.1) is 0 Å². The number of hydrazone groups is 1. The Morgan fingerprint density at radius 2 is 1.75 bits per heavy atom. The summed E-state index contributed by atoms with van der Waals surface area (Å²) in [5.41, 5.74) is 6.24. The number of hydrogen-bond donors (Lipinski definition) is 2. The van der Waals surface area contributed by atoms with E-state index in [0.717, 1.165) is 32.1 Å². The molecule has 0 saturated heterocycles. The number of carbonyl (C=O) groups is 1. The average Bonchev–Trinajstić information content (AvgIpc) is 3.22. The Hall–Kier alpha value is -3.25. The van der Waals surface area contributed by atoms with Gasteiger partial charge in [-0.05, 0) is 47.5 Å². The van der Waals surface area contributed by atoms with Gasteiger partial charge in [-0.1, -0.05) is 64.5 Å². The number of rotatable bonds is 4. The number of aromatic nitrogens is 2. The molecule has 6 heteroatoms. The molecule has 0 saturated carbocycles. The lowest BCUT2D eigenvalue weighted by Gasteiger charge is -2.02. The summed E-state index contributed by atoms with van der Waals surface area (Å²) < 4.78 is 0.992. The summed E-state index contributed by atoms with van der Waals surface area (Å²) >= 11 is 3.40. The van der Waals surface area contributed by atoms with Crippen LogP contribution in [-0.4, -0.2) is 21.8 Å². The molecule has 1 heterocycles. The standard InChI is InChI=1S/C22H17BrN4O/c1-14(15-8-10-19(23)11-9-15)24-27-22(28)21-13-20(25-26-21)18-7-6-16-4-2-3-5-17(16)12-18/h2-13H,1H3,(H,25,26)(H,27,28)/b24-14-. The van der Waals surface area contributed by atoms with Crippen LogP contribution in [0.25, 0.3) is 22.0 Å². The fourth-order valence-electron chi connectivity index (χ4n) is 2.89. The van der Waals surface area contributed by atoms with Gasteiger partial charge in [-0.25, -0.2) is 5.43 Å².